The average Bonchev–Trinajstić information content (AvgIpc) is 3.05. The summed E-state index contributed by atoms with van der Waals surface area (Å²) in [5.41, 5.74) is 6.77. The van der Waals surface area contributed by atoms with Crippen molar-refractivity contribution >= 4 is 52.7 Å². The monoisotopic (exact) mass is 677 g/mol. The smallest absolute Gasteiger partial charge is 0.326 e. The molecule has 0 fully saturated rings. The van der Waals surface area contributed by atoms with Gasteiger partial charge in [-0.05, 0) is 75.1 Å². The number of aromatic nitrogens is 2. The van der Waals surface area contributed by atoms with E-state index in [4.69, 9.17) is 31.5 Å². The van der Waals surface area contributed by atoms with Gasteiger partial charge in [-0.15, -0.1) is 11.8 Å². The summed E-state index contributed by atoms with van der Waals surface area (Å²) in [6, 6.07) is 19.6. The highest BCUT2D eigenvalue weighted by Gasteiger charge is 2.31. The minimum Gasteiger partial charge on any atom is -0.490 e. The van der Waals surface area contributed by atoms with Gasteiger partial charge in [-0.1, -0.05) is 41.9 Å². The molecule has 4 aromatic rings. The summed E-state index contributed by atoms with van der Waals surface area (Å²) in [5.74, 6) is -1.30. The SMILES string of the molecule is CSc1ccc(C(=O)Nc2cccnc2C(=O)Nc2ccc(Cl)cn2)c(OC[C@@H](OCc2ccccc2)C(N)C(=O)OC(C)(C)C)c1. The predicted molar refractivity (Wildman–Crippen MR) is 182 cm³/mol. The van der Waals surface area contributed by atoms with Gasteiger partial charge in [-0.3, -0.25) is 14.4 Å². The molecule has 0 spiro atoms. The number of ether oxygens (including phenoxy) is 3. The van der Waals surface area contributed by atoms with Crippen molar-refractivity contribution in [3.8, 4) is 5.75 Å². The van der Waals surface area contributed by atoms with Crippen LogP contribution in [0.5, 0.6) is 5.75 Å². The normalized spacial score (nSPS) is 12.5. The molecule has 0 radical (unpaired) electrons. The van der Waals surface area contributed by atoms with E-state index in [2.05, 4.69) is 20.6 Å². The molecule has 2 atom stereocenters. The van der Waals surface area contributed by atoms with Crippen molar-refractivity contribution in [3.05, 3.63) is 107 Å². The number of hydrogen-bond acceptors (Lipinski definition) is 10. The second-order valence-corrected chi connectivity index (χ2v) is 12.6. The molecule has 11 nitrogen and oxygen atoms in total. The Labute approximate surface area is 282 Å². The first-order chi connectivity index (χ1) is 22.4. The van der Waals surface area contributed by atoms with Crippen molar-refractivity contribution in [3.63, 3.8) is 0 Å². The Morgan fingerprint density at radius 1 is 0.957 bits per heavy atom. The number of benzene rings is 2. The number of pyridine rings is 2. The van der Waals surface area contributed by atoms with Crippen LogP contribution in [-0.2, 0) is 20.9 Å². The molecular weight excluding hydrogens is 642 g/mol. The van der Waals surface area contributed by atoms with Gasteiger partial charge in [0.2, 0.25) is 0 Å². The van der Waals surface area contributed by atoms with Gasteiger partial charge < -0.3 is 30.6 Å². The first-order valence-corrected chi connectivity index (χ1v) is 16.2. The highest BCUT2D eigenvalue weighted by molar-refractivity contribution is 7.98. The van der Waals surface area contributed by atoms with E-state index in [0.29, 0.717) is 5.02 Å². The number of thioether (sulfide) groups is 1. The Kier molecular flexibility index (Phi) is 12.3. The van der Waals surface area contributed by atoms with Crippen LogP contribution < -0.4 is 21.1 Å². The fraction of sp³-hybridized carbons (Fsp3) is 0.265. The zero-order chi connectivity index (χ0) is 34.0. The molecule has 2 amide bonds. The van der Waals surface area contributed by atoms with E-state index >= 15 is 0 Å². The van der Waals surface area contributed by atoms with Crippen LogP contribution in [-0.4, -0.2) is 58.4 Å². The van der Waals surface area contributed by atoms with E-state index in [-0.39, 0.29) is 41.7 Å². The lowest BCUT2D eigenvalue weighted by molar-refractivity contribution is -0.161. The van der Waals surface area contributed by atoms with E-state index in [1.54, 1.807) is 63.2 Å². The third-order valence-electron chi connectivity index (χ3n) is 6.46. The Bertz CT molecular complexity index is 1680. The Morgan fingerprint density at radius 3 is 2.40 bits per heavy atom. The molecule has 0 saturated heterocycles. The van der Waals surface area contributed by atoms with Gasteiger partial charge in [0.1, 0.15) is 35.9 Å². The number of nitrogens with zero attached hydrogens (tertiary/aromatic N) is 2. The topological polar surface area (TPSA) is 155 Å². The summed E-state index contributed by atoms with van der Waals surface area (Å²) in [5, 5.41) is 5.82. The Balaban J connectivity index is 1.55. The van der Waals surface area contributed by atoms with Crippen LogP contribution in [0.15, 0.2) is 90.1 Å². The van der Waals surface area contributed by atoms with E-state index in [1.165, 1.54) is 24.2 Å². The van der Waals surface area contributed by atoms with Gasteiger partial charge in [-0.2, -0.15) is 0 Å². The number of rotatable bonds is 13. The molecule has 2 aromatic heterocycles. The molecule has 0 saturated carbocycles. The lowest BCUT2D eigenvalue weighted by atomic mass is 10.1. The molecule has 2 heterocycles. The molecule has 0 aliphatic carbocycles. The number of carbonyl (C=O) groups excluding carboxylic acids is 3. The van der Waals surface area contributed by atoms with Crippen LogP contribution in [0, 0.1) is 0 Å². The molecule has 1 unspecified atom stereocenters. The molecule has 4 rings (SSSR count). The van der Waals surface area contributed by atoms with Crippen molar-refractivity contribution in [2.24, 2.45) is 5.73 Å². The molecule has 246 valence electrons. The maximum Gasteiger partial charge on any atom is 0.326 e. The second kappa shape index (κ2) is 16.4. The molecule has 13 heteroatoms. The van der Waals surface area contributed by atoms with Crippen molar-refractivity contribution < 1.29 is 28.6 Å². The molecule has 4 N–H and O–H groups in total. The summed E-state index contributed by atoms with van der Waals surface area (Å²) >= 11 is 7.35. The second-order valence-electron chi connectivity index (χ2n) is 11.2. The van der Waals surface area contributed by atoms with Crippen LogP contribution in [0.3, 0.4) is 0 Å². The molecular formula is C34H36ClN5O6S. The third-order valence-corrected chi connectivity index (χ3v) is 7.41. The van der Waals surface area contributed by atoms with Crippen molar-refractivity contribution in [2.75, 3.05) is 23.5 Å². The Morgan fingerprint density at radius 2 is 1.72 bits per heavy atom. The van der Waals surface area contributed by atoms with Crippen LogP contribution >= 0.6 is 23.4 Å². The molecule has 0 aliphatic rings. The highest BCUT2D eigenvalue weighted by Crippen LogP contribution is 2.28. The number of amides is 2. The van der Waals surface area contributed by atoms with Crippen LogP contribution in [0.4, 0.5) is 11.5 Å². The number of hydrogen-bond donors (Lipinski definition) is 3. The maximum atomic E-state index is 13.6. The van der Waals surface area contributed by atoms with E-state index in [1.807, 2.05) is 36.6 Å². The van der Waals surface area contributed by atoms with Gasteiger partial charge in [0.05, 0.1) is 22.9 Å². The van der Waals surface area contributed by atoms with Crippen LogP contribution in [0.25, 0.3) is 0 Å². The standard InChI is InChI=1S/C34H36ClN5O6S/c1-34(2,3)46-33(43)29(36)27(44-19-21-9-6-5-7-10-21)20-45-26-17-23(47-4)13-14-24(26)31(41)39-25-11-8-16-37-30(25)32(42)40-28-15-12-22(35)18-38-28/h5-18,27,29H,19-20,36H2,1-4H3,(H,39,41)(H,38,40,42)/t27-,29?/m1/s1. The number of anilines is 2. The van der Waals surface area contributed by atoms with Gasteiger partial charge >= 0.3 is 5.97 Å². The maximum absolute atomic E-state index is 13.6. The summed E-state index contributed by atoms with van der Waals surface area (Å²) < 4.78 is 17.7. The van der Waals surface area contributed by atoms with E-state index < -0.39 is 35.5 Å². The number of nitrogens with two attached hydrogens (primary N) is 1. The largest absolute Gasteiger partial charge is 0.490 e. The van der Waals surface area contributed by atoms with E-state index in [9.17, 15) is 14.4 Å². The summed E-state index contributed by atoms with van der Waals surface area (Å²) in [7, 11) is 0. The lowest BCUT2D eigenvalue weighted by Crippen LogP contribution is -2.49. The predicted octanol–water partition coefficient (Wildman–Crippen LogP) is 5.99. The first-order valence-electron chi connectivity index (χ1n) is 14.6. The van der Waals surface area contributed by atoms with Gasteiger partial charge in [0, 0.05) is 17.3 Å². The highest BCUT2D eigenvalue weighted by atomic mass is 35.5. The number of nitrogens with one attached hydrogen (secondary N) is 2. The van der Waals surface area contributed by atoms with Gasteiger partial charge in [-0.25, -0.2) is 9.97 Å². The number of esters is 1. The minimum atomic E-state index is -1.18. The molecule has 47 heavy (non-hydrogen) atoms. The molecule has 0 bridgehead atoms. The fourth-order valence-corrected chi connectivity index (χ4v) is 4.71. The minimum absolute atomic E-state index is 0.0292. The van der Waals surface area contributed by atoms with Gasteiger partial charge in [0.15, 0.2) is 5.69 Å². The summed E-state index contributed by atoms with van der Waals surface area (Å²) in [6.07, 6.45) is 3.80. The van der Waals surface area contributed by atoms with E-state index in [0.717, 1.165) is 10.5 Å². The Hall–Kier alpha value is -4.49. The first kappa shape index (κ1) is 35.4. The van der Waals surface area contributed by atoms with Crippen molar-refractivity contribution in [1.29, 1.82) is 0 Å². The van der Waals surface area contributed by atoms with Crippen molar-refractivity contribution in [2.45, 2.75) is 50.0 Å². The number of halogens is 1. The molecule has 2 aromatic carbocycles. The average molecular weight is 678 g/mol. The number of carbonyl (C=O) groups is 3. The van der Waals surface area contributed by atoms with Gasteiger partial charge in [0.25, 0.3) is 11.8 Å². The quantitative estimate of drug-likeness (QED) is 0.114. The zero-order valence-electron chi connectivity index (χ0n) is 26.4. The lowest BCUT2D eigenvalue weighted by Gasteiger charge is -2.27. The summed E-state index contributed by atoms with van der Waals surface area (Å²) in [4.78, 5) is 48.7. The fourth-order valence-electron chi connectivity index (χ4n) is 4.17. The van der Waals surface area contributed by atoms with Crippen LogP contribution in [0.1, 0.15) is 47.2 Å². The third kappa shape index (κ3) is 10.5. The van der Waals surface area contributed by atoms with Crippen molar-refractivity contribution in [1.82, 2.24) is 9.97 Å². The zero-order valence-corrected chi connectivity index (χ0v) is 27.9. The summed E-state index contributed by atoms with van der Waals surface area (Å²) in [6.45, 7) is 5.25. The van der Waals surface area contributed by atoms with Crippen LogP contribution in [0.2, 0.25) is 5.02 Å². The molecule has 0 aliphatic heterocycles.